The van der Waals surface area contributed by atoms with Crippen LogP contribution in [0.5, 0.6) is 0 Å². The zero-order chi connectivity index (χ0) is 22.3. The van der Waals surface area contributed by atoms with Crippen molar-refractivity contribution in [1.29, 1.82) is 0 Å². The normalized spacial score (nSPS) is 15.9. The van der Waals surface area contributed by atoms with Crippen molar-refractivity contribution in [2.75, 3.05) is 18.4 Å². The molecule has 164 valence electrons. The summed E-state index contributed by atoms with van der Waals surface area (Å²) in [5.41, 5.74) is 0.837. The van der Waals surface area contributed by atoms with Gasteiger partial charge in [-0.2, -0.15) is 4.31 Å². The van der Waals surface area contributed by atoms with Crippen molar-refractivity contribution in [3.63, 3.8) is 0 Å². The van der Waals surface area contributed by atoms with E-state index in [0.29, 0.717) is 18.0 Å². The number of thiazole rings is 1. The van der Waals surface area contributed by atoms with Crippen molar-refractivity contribution in [3.8, 4) is 0 Å². The van der Waals surface area contributed by atoms with Gasteiger partial charge in [0.25, 0.3) is 0 Å². The first-order chi connectivity index (χ1) is 15.4. The Hall–Kier alpha value is -2.88. The summed E-state index contributed by atoms with van der Waals surface area (Å²) in [6.45, 7) is 0.477. The number of piperidine rings is 1. The van der Waals surface area contributed by atoms with Gasteiger partial charge in [0.1, 0.15) is 5.82 Å². The standard InChI is InChI=1S/C23H20FN3O3S2/c24-17-6-8-18(9-7-17)32(29,30)27-13-11-16(12-14-27)22(28)26-23-25-20-10-5-15-3-1-2-4-19(15)21(20)31-23/h1-10,16H,11-14H2,(H,25,26,28). The van der Waals surface area contributed by atoms with Gasteiger partial charge in [0.2, 0.25) is 15.9 Å². The third-order valence-corrected chi connectivity index (χ3v) is 8.72. The zero-order valence-corrected chi connectivity index (χ0v) is 18.6. The summed E-state index contributed by atoms with van der Waals surface area (Å²) in [5.74, 6) is -0.923. The predicted molar refractivity (Wildman–Crippen MR) is 124 cm³/mol. The molecule has 5 rings (SSSR count). The minimum absolute atomic E-state index is 0.0588. The van der Waals surface area contributed by atoms with Gasteiger partial charge in [-0.05, 0) is 48.6 Å². The van der Waals surface area contributed by atoms with Gasteiger partial charge >= 0.3 is 0 Å². The van der Waals surface area contributed by atoms with Crippen LogP contribution in [0.2, 0.25) is 0 Å². The van der Waals surface area contributed by atoms with Crippen molar-refractivity contribution in [1.82, 2.24) is 9.29 Å². The van der Waals surface area contributed by atoms with E-state index in [4.69, 9.17) is 0 Å². The number of hydrogen-bond donors (Lipinski definition) is 1. The lowest BCUT2D eigenvalue weighted by molar-refractivity contribution is -0.120. The number of nitrogens with one attached hydrogen (secondary N) is 1. The fourth-order valence-corrected chi connectivity index (χ4v) is 6.50. The van der Waals surface area contributed by atoms with E-state index in [1.54, 1.807) is 0 Å². The number of carbonyl (C=O) groups is 1. The molecule has 0 unspecified atom stereocenters. The van der Waals surface area contributed by atoms with E-state index in [-0.39, 0.29) is 29.8 Å². The highest BCUT2D eigenvalue weighted by Gasteiger charge is 2.32. The first-order valence-corrected chi connectivity index (χ1v) is 12.5. The van der Waals surface area contributed by atoms with Gasteiger partial charge in [0.15, 0.2) is 5.13 Å². The van der Waals surface area contributed by atoms with Crippen molar-refractivity contribution in [3.05, 3.63) is 66.5 Å². The van der Waals surface area contributed by atoms with Gasteiger partial charge in [-0.1, -0.05) is 41.7 Å². The molecular formula is C23H20FN3O3S2. The summed E-state index contributed by atoms with van der Waals surface area (Å²) >= 11 is 1.44. The second-order valence-electron chi connectivity index (χ2n) is 7.78. The third kappa shape index (κ3) is 3.87. The molecule has 1 saturated heterocycles. The molecular weight excluding hydrogens is 449 g/mol. The lowest BCUT2D eigenvalue weighted by Crippen LogP contribution is -2.41. The molecule has 0 bridgehead atoms. The number of rotatable bonds is 4. The minimum Gasteiger partial charge on any atom is -0.302 e. The molecule has 0 saturated carbocycles. The van der Waals surface area contributed by atoms with E-state index in [1.165, 1.54) is 27.8 Å². The van der Waals surface area contributed by atoms with Gasteiger partial charge in [0.05, 0.1) is 15.1 Å². The number of benzene rings is 3. The number of nitrogens with zero attached hydrogens (tertiary/aromatic N) is 2. The Morgan fingerprint density at radius 1 is 1.03 bits per heavy atom. The lowest BCUT2D eigenvalue weighted by Gasteiger charge is -2.30. The van der Waals surface area contributed by atoms with E-state index in [0.717, 1.165) is 33.1 Å². The molecule has 1 aliphatic rings. The maximum atomic E-state index is 13.1. The zero-order valence-electron chi connectivity index (χ0n) is 17.0. The minimum atomic E-state index is -3.70. The molecule has 1 aliphatic heterocycles. The van der Waals surface area contributed by atoms with Crippen LogP contribution in [0.1, 0.15) is 12.8 Å². The topological polar surface area (TPSA) is 79.4 Å². The van der Waals surface area contributed by atoms with Crippen LogP contribution in [-0.2, 0) is 14.8 Å². The van der Waals surface area contributed by atoms with E-state index in [1.807, 2.05) is 36.4 Å². The van der Waals surface area contributed by atoms with Gasteiger partial charge in [-0.25, -0.2) is 17.8 Å². The Bertz CT molecular complexity index is 1410. The lowest BCUT2D eigenvalue weighted by atomic mass is 9.97. The second-order valence-corrected chi connectivity index (χ2v) is 10.7. The summed E-state index contributed by atoms with van der Waals surface area (Å²) in [6, 6.07) is 16.8. The molecule has 2 heterocycles. The number of anilines is 1. The fourth-order valence-electron chi connectivity index (χ4n) is 4.03. The molecule has 9 heteroatoms. The van der Waals surface area contributed by atoms with Crippen LogP contribution in [-0.4, -0.2) is 36.7 Å². The van der Waals surface area contributed by atoms with Crippen LogP contribution >= 0.6 is 11.3 Å². The molecule has 6 nitrogen and oxygen atoms in total. The molecule has 1 aromatic heterocycles. The number of aromatic nitrogens is 1. The highest BCUT2D eigenvalue weighted by atomic mass is 32.2. The van der Waals surface area contributed by atoms with E-state index in [9.17, 15) is 17.6 Å². The Morgan fingerprint density at radius 3 is 2.50 bits per heavy atom. The molecule has 32 heavy (non-hydrogen) atoms. The first-order valence-electron chi connectivity index (χ1n) is 10.3. The van der Waals surface area contributed by atoms with Crippen LogP contribution in [0.4, 0.5) is 9.52 Å². The fraction of sp³-hybridized carbons (Fsp3) is 0.217. The van der Waals surface area contributed by atoms with Crippen LogP contribution < -0.4 is 5.32 Å². The van der Waals surface area contributed by atoms with Gasteiger partial charge < -0.3 is 5.32 Å². The summed E-state index contributed by atoms with van der Waals surface area (Å²) < 4.78 is 41.0. The van der Waals surface area contributed by atoms with Crippen molar-refractivity contribution >= 4 is 53.4 Å². The van der Waals surface area contributed by atoms with Crippen LogP contribution in [0.25, 0.3) is 21.0 Å². The Morgan fingerprint density at radius 2 is 1.75 bits per heavy atom. The van der Waals surface area contributed by atoms with Gasteiger partial charge in [-0.15, -0.1) is 0 Å². The second kappa shape index (κ2) is 8.23. The van der Waals surface area contributed by atoms with Crippen LogP contribution in [0.15, 0.2) is 65.6 Å². The van der Waals surface area contributed by atoms with Crippen LogP contribution in [0.3, 0.4) is 0 Å². The Kier molecular flexibility index (Phi) is 5.40. The maximum Gasteiger partial charge on any atom is 0.243 e. The molecule has 1 fully saturated rings. The Labute approximate surface area is 188 Å². The SMILES string of the molecule is O=C(Nc1nc2ccc3ccccc3c2s1)C1CCN(S(=O)(=O)c2ccc(F)cc2)CC1. The quantitative estimate of drug-likeness (QED) is 0.473. The van der Waals surface area contributed by atoms with Crippen molar-refractivity contribution in [2.45, 2.75) is 17.7 Å². The first kappa shape index (κ1) is 21.0. The number of amides is 1. The number of hydrogen-bond acceptors (Lipinski definition) is 5. The molecule has 0 atom stereocenters. The molecule has 1 amide bonds. The smallest absolute Gasteiger partial charge is 0.243 e. The summed E-state index contributed by atoms with van der Waals surface area (Å²) in [5, 5.41) is 5.68. The molecule has 3 aromatic carbocycles. The molecule has 0 radical (unpaired) electrons. The molecule has 4 aromatic rings. The molecule has 0 spiro atoms. The number of carbonyl (C=O) groups excluding carboxylic acids is 1. The average molecular weight is 470 g/mol. The maximum absolute atomic E-state index is 13.1. The van der Waals surface area contributed by atoms with E-state index < -0.39 is 15.8 Å². The predicted octanol–water partition coefficient (Wildman–Crippen LogP) is 4.63. The largest absolute Gasteiger partial charge is 0.302 e. The highest BCUT2D eigenvalue weighted by molar-refractivity contribution is 7.89. The summed E-state index contributed by atoms with van der Waals surface area (Å²) in [4.78, 5) is 17.4. The molecule has 1 N–H and O–H groups in total. The third-order valence-electron chi connectivity index (χ3n) is 5.79. The number of sulfonamides is 1. The monoisotopic (exact) mass is 469 g/mol. The van der Waals surface area contributed by atoms with Crippen LogP contribution in [0, 0.1) is 11.7 Å². The number of fused-ring (bicyclic) bond motifs is 3. The van der Waals surface area contributed by atoms with Crippen molar-refractivity contribution in [2.24, 2.45) is 5.92 Å². The average Bonchev–Trinajstić information content (AvgIpc) is 3.22. The van der Waals surface area contributed by atoms with E-state index in [2.05, 4.69) is 10.3 Å². The highest BCUT2D eigenvalue weighted by Crippen LogP contribution is 2.33. The summed E-state index contributed by atoms with van der Waals surface area (Å²) in [6.07, 6.45) is 0.833. The summed E-state index contributed by atoms with van der Waals surface area (Å²) in [7, 11) is -3.70. The van der Waals surface area contributed by atoms with Crippen molar-refractivity contribution < 1.29 is 17.6 Å². The van der Waals surface area contributed by atoms with Gasteiger partial charge in [-0.3, -0.25) is 4.79 Å². The van der Waals surface area contributed by atoms with E-state index >= 15 is 0 Å². The van der Waals surface area contributed by atoms with Gasteiger partial charge in [0, 0.05) is 24.4 Å². The number of halogens is 1. The molecule has 0 aliphatic carbocycles. The Balaban J connectivity index is 1.27.